The molecule has 0 bridgehead atoms. The van der Waals surface area contributed by atoms with E-state index in [9.17, 15) is 0 Å². The average Bonchev–Trinajstić information content (AvgIpc) is 3.13. The minimum Gasteiger partial charge on any atom is -0.493 e. The van der Waals surface area contributed by atoms with Crippen molar-refractivity contribution in [3.8, 4) is 5.75 Å². The summed E-state index contributed by atoms with van der Waals surface area (Å²) >= 11 is 0. The first-order valence-corrected chi connectivity index (χ1v) is 10.6. The molecule has 0 aliphatic heterocycles. The molecule has 0 amide bonds. The van der Waals surface area contributed by atoms with E-state index >= 15 is 0 Å². The van der Waals surface area contributed by atoms with Gasteiger partial charge in [-0.2, -0.15) is 0 Å². The monoisotopic (exact) mass is 396 g/mol. The number of para-hydroxylation sites is 3. The molecule has 0 N–H and O–H groups in total. The zero-order valence-electron chi connectivity index (χ0n) is 17.7. The quantitative estimate of drug-likeness (QED) is 0.306. The van der Waals surface area contributed by atoms with E-state index in [0.717, 1.165) is 35.6 Å². The van der Waals surface area contributed by atoms with Crippen molar-refractivity contribution in [2.75, 3.05) is 6.61 Å². The van der Waals surface area contributed by atoms with E-state index in [1.807, 2.05) is 18.2 Å². The van der Waals surface area contributed by atoms with Gasteiger partial charge in [-0.1, -0.05) is 80.6 Å². The van der Waals surface area contributed by atoms with Gasteiger partial charge in [0.05, 0.1) is 17.6 Å². The number of imidazole rings is 1. The summed E-state index contributed by atoms with van der Waals surface area (Å²) in [4.78, 5) is 4.84. The highest BCUT2D eigenvalue weighted by Crippen LogP contribution is 2.26. The second-order valence-electron chi connectivity index (χ2n) is 7.75. The maximum absolute atomic E-state index is 6.13. The third-order valence-corrected chi connectivity index (χ3v) is 5.23. The molecular formula is C27H28N2O. The molecular weight excluding hydrogens is 368 g/mol. The predicted molar refractivity (Wildman–Crippen MR) is 126 cm³/mol. The van der Waals surface area contributed by atoms with Crippen LogP contribution in [-0.2, 0) is 6.54 Å². The van der Waals surface area contributed by atoms with Crippen molar-refractivity contribution in [2.45, 2.75) is 32.7 Å². The Morgan fingerprint density at radius 3 is 2.43 bits per heavy atom. The zero-order chi connectivity index (χ0) is 20.8. The van der Waals surface area contributed by atoms with Crippen LogP contribution in [0.4, 0.5) is 0 Å². The maximum atomic E-state index is 6.13. The van der Waals surface area contributed by atoms with Gasteiger partial charge < -0.3 is 9.30 Å². The number of aryl methyl sites for hydroxylation is 1. The lowest BCUT2D eigenvalue weighted by Crippen LogP contribution is -2.07. The fraction of sp³-hybridized carbons (Fsp3) is 0.222. The van der Waals surface area contributed by atoms with Crippen molar-refractivity contribution in [3.63, 3.8) is 0 Å². The third kappa shape index (κ3) is 4.62. The second kappa shape index (κ2) is 9.45. The summed E-state index contributed by atoms with van der Waals surface area (Å²) in [6, 6.07) is 27.0. The average molecular weight is 397 g/mol. The van der Waals surface area contributed by atoms with E-state index < -0.39 is 0 Å². The van der Waals surface area contributed by atoms with Gasteiger partial charge in [0.15, 0.2) is 0 Å². The van der Waals surface area contributed by atoms with Crippen LogP contribution in [0.2, 0.25) is 0 Å². The smallest absolute Gasteiger partial charge is 0.133 e. The Hall–Kier alpha value is -3.33. The molecule has 1 heterocycles. The topological polar surface area (TPSA) is 27.1 Å². The van der Waals surface area contributed by atoms with Gasteiger partial charge in [0.2, 0.25) is 0 Å². The first-order chi connectivity index (χ1) is 14.7. The van der Waals surface area contributed by atoms with Crippen molar-refractivity contribution >= 4 is 23.2 Å². The van der Waals surface area contributed by atoms with Gasteiger partial charge in [0.25, 0.3) is 0 Å². The number of hydrogen-bond acceptors (Lipinski definition) is 2. The molecule has 152 valence electrons. The highest BCUT2D eigenvalue weighted by molar-refractivity contribution is 5.79. The first kappa shape index (κ1) is 20.0. The molecule has 0 unspecified atom stereocenters. The molecule has 4 rings (SSSR count). The lowest BCUT2D eigenvalue weighted by atomic mass is 10.0. The number of fused-ring (bicyclic) bond motifs is 1. The summed E-state index contributed by atoms with van der Waals surface area (Å²) in [5, 5.41) is 0. The van der Waals surface area contributed by atoms with Gasteiger partial charge in [0.1, 0.15) is 11.6 Å². The highest BCUT2D eigenvalue weighted by Gasteiger charge is 2.09. The molecule has 3 aromatic carbocycles. The van der Waals surface area contributed by atoms with E-state index in [1.54, 1.807) is 0 Å². The van der Waals surface area contributed by atoms with Gasteiger partial charge in [0, 0.05) is 6.54 Å². The predicted octanol–water partition coefficient (Wildman–Crippen LogP) is 6.80. The van der Waals surface area contributed by atoms with Crippen molar-refractivity contribution in [2.24, 2.45) is 0 Å². The van der Waals surface area contributed by atoms with Crippen molar-refractivity contribution in [1.29, 1.82) is 0 Å². The Kier molecular flexibility index (Phi) is 6.29. The summed E-state index contributed by atoms with van der Waals surface area (Å²) < 4.78 is 8.41. The molecule has 0 atom stereocenters. The molecule has 1 aromatic heterocycles. The SMILES string of the molecule is CC(C)c1ccccc1OCCCn1c(/C=C/c2ccccc2)nc2ccccc21. The van der Waals surface area contributed by atoms with Crippen LogP contribution in [0.15, 0.2) is 78.9 Å². The van der Waals surface area contributed by atoms with E-state index in [-0.39, 0.29) is 0 Å². The van der Waals surface area contributed by atoms with E-state index in [1.165, 1.54) is 11.1 Å². The lowest BCUT2D eigenvalue weighted by molar-refractivity contribution is 0.298. The van der Waals surface area contributed by atoms with Crippen LogP contribution in [0.1, 0.15) is 43.1 Å². The molecule has 3 heteroatoms. The summed E-state index contributed by atoms with van der Waals surface area (Å²) in [6.07, 6.45) is 5.14. The molecule has 0 aliphatic carbocycles. The molecule has 4 aromatic rings. The Balaban J connectivity index is 1.49. The second-order valence-corrected chi connectivity index (χ2v) is 7.75. The van der Waals surface area contributed by atoms with Gasteiger partial charge in [-0.05, 0) is 47.7 Å². The third-order valence-electron chi connectivity index (χ3n) is 5.23. The number of hydrogen-bond donors (Lipinski definition) is 0. The number of ether oxygens (including phenoxy) is 1. The van der Waals surface area contributed by atoms with E-state index in [2.05, 4.69) is 91.2 Å². The van der Waals surface area contributed by atoms with Crippen molar-refractivity contribution in [1.82, 2.24) is 9.55 Å². The van der Waals surface area contributed by atoms with Gasteiger partial charge in [-0.25, -0.2) is 4.98 Å². The van der Waals surface area contributed by atoms with Crippen LogP contribution in [0, 0.1) is 0 Å². The minimum atomic E-state index is 0.452. The molecule has 0 saturated carbocycles. The summed E-state index contributed by atoms with van der Waals surface area (Å²) in [6.45, 7) is 5.94. The van der Waals surface area contributed by atoms with Crippen molar-refractivity contribution < 1.29 is 4.74 Å². The van der Waals surface area contributed by atoms with Gasteiger partial charge in [-0.15, -0.1) is 0 Å². The van der Waals surface area contributed by atoms with E-state index in [0.29, 0.717) is 12.5 Å². The molecule has 3 nitrogen and oxygen atoms in total. The Bertz CT molecular complexity index is 1130. The van der Waals surface area contributed by atoms with Crippen LogP contribution < -0.4 is 4.74 Å². The fourth-order valence-corrected chi connectivity index (χ4v) is 3.69. The largest absolute Gasteiger partial charge is 0.493 e. The zero-order valence-corrected chi connectivity index (χ0v) is 17.7. The molecule has 30 heavy (non-hydrogen) atoms. The van der Waals surface area contributed by atoms with Crippen molar-refractivity contribution in [3.05, 3.63) is 95.8 Å². The molecule has 0 saturated heterocycles. The summed E-state index contributed by atoms with van der Waals surface area (Å²) in [5.74, 6) is 2.42. The Labute approximate surface area is 178 Å². The standard InChI is InChI=1S/C27H28N2O/c1-21(2)23-13-6-9-16-26(23)30-20-10-19-29-25-15-8-7-14-24(25)28-27(29)18-17-22-11-4-3-5-12-22/h3-9,11-18,21H,10,19-20H2,1-2H3/b18-17+. The molecule has 0 fully saturated rings. The number of aromatic nitrogens is 2. The first-order valence-electron chi connectivity index (χ1n) is 10.6. The normalized spacial score (nSPS) is 11.6. The maximum Gasteiger partial charge on any atom is 0.133 e. The Morgan fingerprint density at radius 1 is 0.867 bits per heavy atom. The van der Waals surface area contributed by atoms with Crippen LogP contribution in [-0.4, -0.2) is 16.2 Å². The minimum absolute atomic E-state index is 0.452. The molecule has 0 radical (unpaired) electrons. The van der Waals surface area contributed by atoms with Crippen LogP contribution >= 0.6 is 0 Å². The van der Waals surface area contributed by atoms with Crippen LogP contribution in [0.25, 0.3) is 23.2 Å². The highest BCUT2D eigenvalue weighted by atomic mass is 16.5. The van der Waals surface area contributed by atoms with Gasteiger partial charge in [-0.3, -0.25) is 0 Å². The van der Waals surface area contributed by atoms with Gasteiger partial charge >= 0.3 is 0 Å². The fourth-order valence-electron chi connectivity index (χ4n) is 3.69. The number of nitrogens with zero attached hydrogens (tertiary/aromatic N) is 2. The number of benzene rings is 3. The summed E-state index contributed by atoms with van der Waals surface area (Å²) in [5.41, 5.74) is 4.62. The van der Waals surface area contributed by atoms with Crippen LogP contribution in [0.3, 0.4) is 0 Å². The molecule has 0 spiro atoms. The van der Waals surface area contributed by atoms with E-state index in [4.69, 9.17) is 9.72 Å². The number of rotatable bonds is 8. The lowest BCUT2D eigenvalue weighted by Gasteiger charge is -2.14. The molecule has 0 aliphatic rings. The Morgan fingerprint density at radius 2 is 1.60 bits per heavy atom. The summed E-state index contributed by atoms with van der Waals surface area (Å²) in [7, 11) is 0. The van der Waals surface area contributed by atoms with Crippen LogP contribution in [0.5, 0.6) is 5.75 Å².